The van der Waals surface area contributed by atoms with E-state index < -0.39 is 0 Å². The van der Waals surface area contributed by atoms with Gasteiger partial charge < -0.3 is 4.74 Å². The minimum absolute atomic E-state index is 0.108. The van der Waals surface area contributed by atoms with E-state index in [1.807, 2.05) is 24.3 Å². The fourth-order valence-corrected chi connectivity index (χ4v) is 2.62. The van der Waals surface area contributed by atoms with Gasteiger partial charge in [-0.15, -0.1) is 11.3 Å². The van der Waals surface area contributed by atoms with Gasteiger partial charge in [-0.2, -0.15) is 0 Å². The third-order valence-corrected chi connectivity index (χ3v) is 3.34. The van der Waals surface area contributed by atoms with Crippen LogP contribution in [-0.4, -0.2) is 12.4 Å². The quantitative estimate of drug-likeness (QED) is 0.638. The molecule has 2 aromatic rings. The smallest absolute Gasteiger partial charge is 0.213 e. The average molecular weight is 190 g/mol. The Labute approximate surface area is 78.8 Å². The molecule has 2 nitrogen and oxygen atoms in total. The first-order valence-corrected chi connectivity index (χ1v) is 4.85. The van der Waals surface area contributed by atoms with Crippen LogP contribution >= 0.6 is 11.3 Å². The monoisotopic (exact) mass is 190 g/mol. The zero-order valence-corrected chi connectivity index (χ0v) is 7.56. The average Bonchev–Trinajstić information content (AvgIpc) is 2.67. The van der Waals surface area contributed by atoms with Crippen molar-refractivity contribution in [3.63, 3.8) is 0 Å². The van der Waals surface area contributed by atoms with Gasteiger partial charge >= 0.3 is 0 Å². The van der Waals surface area contributed by atoms with Crippen molar-refractivity contribution in [1.29, 1.82) is 0 Å². The molecule has 13 heavy (non-hydrogen) atoms. The van der Waals surface area contributed by atoms with Gasteiger partial charge in [-0.1, -0.05) is 12.1 Å². The van der Waals surface area contributed by atoms with Crippen LogP contribution in [0, 0.1) is 0 Å². The van der Waals surface area contributed by atoms with E-state index in [-0.39, 0.29) is 12.4 Å². The maximum Gasteiger partial charge on any atom is 0.213 e. The van der Waals surface area contributed by atoms with Crippen molar-refractivity contribution in [3.8, 4) is 5.75 Å². The summed E-state index contributed by atoms with van der Waals surface area (Å²) in [5, 5.41) is 1.06. The molecule has 0 N–H and O–H groups in total. The van der Waals surface area contributed by atoms with E-state index in [9.17, 15) is 4.79 Å². The highest BCUT2D eigenvalue weighted by atomic mass is 32.1. The maximum atomic E-state index is 11.3. The molecule has 2 heterocycles. The molecule has 1 aromatic carbocycles. The highest BCUT2D eigenvalue weighted by Crippen LogP contribution is 2.40. The number of rotatable bonds is 0. The van der Waals surface area contributed by atoms with Crippen molar-refractivity contribution in [2.45, 2.75) is 0 Å². The number of thiophene rings is 1. The predicted octanol–water partition coefficient (Wildman–Crippen LogP) is 2.48. The van der Waals surface area contributed by atoms with Crippen LogP contribution in [0.5, 0.6) is 5.75 Å². The van der Waals surface area contributed by atoms with Gasteiger partial charge in [0.2, 0.25) is 5.78 Å². The van der Waals surface area contributed by atoms with Crippen molar-refractivity contribution >= 4 is 27.2 Å². The number of carbonyl (C=O) groups excluding carboxylic acids is 1. The maximum absolute atomic E-state index is 11.3. The van der Waals surface area contributed by atoms with Crippen LogP contribution < -0.4 is 4.74 Å². The Kier molecular flexibility index (Phi) is 1.27. The standard InChI is InChI=1S/C10H6O2S/c11-7-5-12-9-6-3-1-2-4-8(6)13-10(7)9/h1-4H,5H2. The Balaban J connectivity index is 2.44. The molecule has 0 saturated carbocycles. The van der Waals surface area contributed by atoms with Crippen molar-refractivity contribution in [2.24, 2.45) is 0 Å². The molecular formula is C10H6O2S. The summed E-state index contributed by atoms with van der Waals surface area (Å²) < 4.78 is 6.45. The minimum Gasteiger partial charge on any atom is -0.483 e. The molecule has 3 rings (SSSR count). The molecule has 0 amide bonds. The summed E-state index contributed by atoms with van der Waals surface area (Å²) in [5.74, 6) is 0.891. The first kappa shape index (κ1) is 7.09. The molecule has 1 aliphatic heterocycles. The van der Waals surface area contributed by atoms with Gasteiger partial charge in [0.15, 0.2) is 6.61 Å². The first-order chi connectivity index (χ1) is 6.36. The number of hydrogen-bond donors (Lipinski definition) is 0. The molecule has 0 saturated heterocycles. The van der Waals surface area contributed by atoms with Crippen molar-refractivity contribution in [2.75, 3.05) is 6.61 Å². The molecule has 64 valence electrons. The van der Waals surface area contributed by atoms with Gasteiger partial charge in [0.25, 0.3) is 0 Å². The number of Topliss-reactive ketones (excluding diaryl/α,β-unsaturated/α-hetero) is 1. The van der Waals surface area contributed by atoms with E-state index in [1.54, 1.807) is 0 Å². The number of benzene rings is 1. The van der Waals surface area contributed by atoms with E-state index >= 15 is 0 Å². The second kappa shape index (κ2) is 2.33. The summed E-state index contributed by atoms with van der Waals surface area (Å²) in [6.45, 7) is 0.214. The molecule has 1 aliphatic rings. The molecule has 0 fully saturated rings. The molecule has 3 heteroatoms. The highest BCUT2D eigenvalue weighted by Gasteiger charge is 2.25. The van der Waals surface area contributed by atoms with Gasteiger partial charge in [0, 0.05) is 10.1 Å². The van der Waals surface area contributed by atoms with Crippen LogP contribution in [0.4, 0.5) is 0 Å². The lowest BCUT2D eigenvalue weighted by Crippen LogP contribution is -1.98. The summed E-state index contributed by atoms with van der Waals surface area (Å²) in [7, 11) is 0. The fourth-order valence-electron chi connectivity index (χ4n) is 1.55. The summed E-state index contributed by atoms with van der Waals surface area (Å²) in [6, 6.07) is 7.93. The highest BCUT2D eigenvalue weighted by molar-refractivity contribution is 7.21. The van der Waals surface area contributed by atoms with Gasteiger partial charge in [0.1, 0.15) is 10.6 Å². The lowest BCUT2D eigenvalue weighted by Gasteiger charge is -1.93. The molecule has 0 unspecified atom stereocenters. The molecule has 0 spiro atoms. The van der Waals surface area contributed by atoms with Crippen LogP contribution in [0.1, 0.15) is 9.67 Å². The van der Waals surface area contributed by atoms with Crippen molar-refractivity contribution in [1.82, 2.24) is 0 Å². The Morgan fingerprint density at radius 2 is 2.15 bits per heavy atom. The van der Waals surface area contributed by atoms with Gasteiger partial charge in [-0.3, -0.25) is 4.79 Å². The fraction of sp³-hybridized carbons (Fsp3) is 0.100. The second-order valence-electron chi connectivity index (χ2n) is 2.97. The van der Waals surface area contributed by atoms with Crippen LogP contribution in [0.2, 0.25) is 0 Å². The Morgan fingerprint density at radius 1 is 1.31 bits per heavy atom. The second-order valence-corrected chi connectivity index (χ2v) is 4.02. The third kappa shape index (κ3) is 0.848. The van der Waals surface area contributed by atoms with E-state index in [0.29, 0.717) is 0 Å². The minimum atomic E-state index is 0.108. The summed E-state index contributed by atoms with van der Waals surface area (Å²) in [6.07, 6.45) is 0. The molecule has 0 aliphatic carbocycles. The van der Waals surface area contributed by atoms with Crippen molar-refractivity contribution in [3.05, 3.63) is 29.1 Å². The SMILES string of the molecule is O=C1COc2c1sc1ccccc21. The number of fused-ring (bicyclic) bond motifs is 3. The van der Waals surface area contributed by atoms with Crippen LogP contribution in [0.25, 0.3) is 10.1 Å². The molecule has 0 bridgehead atoms. The normalized spacial score (nSPS) is 14.6. The molecule has 1 aromatic heterocycles. The van der Waals surface area contributed by atoms with Crippen LogP contribution in [0.15, 0.2) is 24.3 Å². The lowest BCUT2D eigenvalue weighted by molar-refractivity contribution is 0.0964. The summed E-state index contributed by atoms with van der Waals surface area (Å²) in [4.78, 5) is 12.1. The number of hydrogen-bond acceptors (Lipinski definition) is 3. The van der Waals surface area contributed by atoms with Crippen molar-refractivity contribution < 1.29 is 9.53 Å². The molecule has 0 radical (unpaired) electrons. The largest absolute Gasteiger partial charge is 0.483 e. The van der Waals surface area contributed by atoms with E-state index in [1.165, 1.54) is 11.3 Å². The number of ketones is 1. The van der Waals surface area contributed by atoms with E-state index in [4.69, 9.17) is 4.74 Å². The molecular weight excluding hydrogens is 184 g/mol. The Morgan fingerprint density at radius 3 is 3.08 bits per heavy atom. The summed E-state index contributed by atoms with van der Waals surface area (Å²) in [5.41, 5.74) is 0. The Hall–Kier alpha value is -1.35. The zero-order valence-electron chi connectivity index (χ0n) is 6.74. The lowest BCUT2D eigenvalue weighted by atomic mass is 10.2. The Bertz CT molecular complexity index is 499. The van der Waals surface area contributed by atoms with E-state index in [2.05, 4.69) is 0 Å². The predicted molar refractivity (Wildman–Crippen MR) is 51.7 cm³/mol. The van der Waals surface area contributed by atoms with Gasteiger partial charge in [-0.25, -0.2) is 0 Å². The number of carbonyl (C=O) groups is 1. The zero-order chi connectivity index (χ0) is 8.84. The van der Waals surface area contributed by atoms with E-state index in [0.717, 1.165) is 20.7 Å². The topological polar surface area (TPSA) is 26.3 Å². The third-order valence-electron chi connectivity index (χ3n) is 2.15. The van der Waals surface area contributed by atoms with Crippen LogP contribution in [-0.2, 0) is 0 Å². The van der Waals surface area contributed by atoms with Gasteiger partial charge in [-0.05, 0) is 12.1 Å². The molecule has 0 atom stereocenters. The summed E-state index contributed by atoms with van der Waals surface area (Å²) >= 11 is 1.52. The van der Waals surface area contributed by atoms with Crippen LogP contribution in [0.3, 0.4) is 0 Å². The number of ether oxygens (including phenoxy) is 1. The van der Waals surface area contributed by atoms with Gasteiger partial charge in [0.05, 0.1) is 0 Å². The first-order valence-electron chi connectivity index (χ1n) is 4.04.